The van der Waals surface area contributed by atoms with Crippen molar-refractivity contribution in [2.45, 2.75) is 32.4 Å². The number of fused-ring (bicyclic) bond motifs is 1. The van der Waals surface area contributed by atoms with Crippen LogP contribution in [0.15, 0.2) is 5.51 Å². The number of aromatic nitrogens is 1. The van der Waals surface area contributed by atoms with E-state index in [1.807, 2.05) is 5.51 Å². The number of hydrogen-bond donors (Lipinski definition) is 1. The fourth-order valence-corrected chi connectivity index (χ4v) is 4.03. The molecule has 1 aromatic heterocycles. The Labute approximate surface area is 101 Å². The zero-order valence-corrected chi connectivity index (χ0v) is 10.5. The van der Waals surface area contributed by atoms with Gasteiger partial charge in [-0.15, -0.1) is 11.3 Å². The summed E-state index contributed by atoms with van der Waals surface area (Å²) in [6, 6.07) is 0.456. The molecule has 2 aliphatic rings. The molecule has 4 heteroatoms. The molecule has 3 rings (SSSR count). The average Bonchev–Trinajstić information content (AvgIpc) is 2.90. The minimum absolute atomic E-state index is 0.456. The Morgan fingerprint density at radius 3 is 3.06 bits per heavy atom. The van der Waals surface area contributed by atoms with E-state index in [1.165, 1.54) is 36.5 Å². The van der Waals surface area contributed by atoms with Crippen molar-refractivity contribution in [3.8, 4) is 0 Å². The largest absolute Gasteiger partial charge is 0.327 e. The van der Waals surface area contributed by atoms with E-state index in [0.29, 0.717) is 6.04 Å². The molecule has 3 nitrogen and oxygen atoms in total. The van der Waals surface area contributed by atoms with Crippen LogP contribution in [0.5, 0.6) is 0 Å². The molecule has 2 N–H and O–H groups in total. The van der Waals surface area contributed by atoms with Gasteiger partial charge in [-0.05, 0) is 31.6 Å². The summed E-state index contributed by atoms with van der Waals surface area (Å²) in [7, 11) is 0. The summed E-state index contributed by atoms with van der Waals surface area (Å²) in [4.78, 5) is 8.30. The van der Waals surface area contributed by atoms with E-state index in [-0.39, 0.29) is 0 Å². The fourth-order valence-electron chi connectivity index (χ4n) is 3.21. The molecule has 2 fully saturated rings. The molecule has 0 spiro atoms. The summed E-state index contributed by atoms with van der Waals surface area (Å²) in [5, 5.41) is 0. The Morgan fingerprint density at radius 1 is 1.50 bits per heavy atom. The first kappa shape index (κ1) is 10.7. The molecule has 1 saturated carbocycles. The highest BCUT2D eigenvalue weighted by Crippen LogP contribution is 2.37. The van der Waals surface area contributed by atoms with Gasteiger partial charge in [0.1, 0.15) is 0 Å². The number of hydrogen-bond acceptors (Lipinski definition) is 4. The van der Waals surface area contributed by atoms with Crippen molar-refractivity contribution in [1.29, 1.82) is 0 Å². The first-order valence-electron chi connectivity index (χ1n) is 6.11. The molecule has 16 heavy (non-hydrogen) atoms. The van der Waals surface area contributed by atoms with Crippen molar-refractivity contribution >= 4 is 11.3 Å². The lowest BCUT2D eigenvalue weighted by molar-refractivity contribution is 0.300. The maximum absolute atomic E-state index is 6.15. The Kier molecular flexibility index (Phi) is 2.73. The maximum atomic E-state index is 6.15. The Hall–Kier alpha value is -0.450. The molecule has 1 aliphatic carbocycles. The molecule has 1 aromatic rings. The van der Waals surface area contributed by atoms with Gasteiger partial charge >= 0.3 is 0 Å². The predicted molar refractivity (Wildman–Crippen MR) is 66.3 cm³/mol. The van der Waals surface area contributed by atoms with Gasteiger partial charge < -0.3 is 5.73 Å². The van der Waals surface area contributed by atoms with Crippen LogP contribution in [0.1, 0.15) is 23.4 Å². The number of rotatable bonds is 2. The van der Waals surface area contributed by atoms with E-state index in [1.54, 1.807) is 11.3 Å². The Morgan fingerprint density at radius 2 is 2.38 bits per heavy atom. The minimum atomic E-state index is 0.456. The molecule has 3 unspecified atom stereocenters. The van der Waals surface area contributed by atoms with Crippen molar-refractivity contribution in [3.63, 3.8) is 0 Å². The third-order valence-corrected chi connectivity index (χ3v) is 5.12. The van der Waals surface area contributed by atoms with Crippen molar-refractivity contribution in [2.75, 3.05) is 13.1 Å². The van der Waals surface area contributed by atoms with E-state index in [4.69, 9.17) is 5.73 Å². The van der Waals surface area contributed by atoms with Crippen LogP contribution in [0.3, 0.4) is 0 Å². The molecular weight excluding hydrogens is 218 g/mol. The second-order valence-corrected chi connectivity index (χ2v) is 6.16. The summed E-state index contributed by atoms with van der Waals surface area (Å²) in [5.41, 5.74) is 9.30. The summed E-state index contributed by atoms with van der Waals surface area (Å²) in [6.07, 6.45) is 2.58. The highest BCUT2D eigenvalue weighted by Gasteiger charge is 2.40. The van der Waals surface area contributed by atoms with Gasteiger partial charge in [-0.25, -0.2) is 4.98 Å². The first-order chi connectivity index (χ1) is 7.74. The normalized spacial score (nSPS) is 34.5. The zero-order chi connectivity index (χ0) is 11.1. The fraction of sp³-hybridized carbons (Fsp3) is 0.750. The molecule has 0 amide bonds. The molecular formula is C12H19N3S. The van der Waals surface area contributed by atoms with Crippen molar-refractivity contribution in [2.24, 2.45) is 17.6 Å². The van der Waals surface area contributed by atoms with Gasteiger partial charge in [0, 0.05) is 30.6 Å². The predicted octanol–water partition coefficient (Wildman–Crippen LogP) is 1.62. The van der Waals surface area contributed by atoms with Gasteiger partial charge in [0.15, 0.2) is 0 Å². The lowest BCUT2D eigenvalue weighted by atomic mass is 9.98. The number of thiazole rings is 1. The van der Waals surface area contributed by atoms with Gasteiger partial charge in [0.2, 0.25) is 0 Å². The average molecular weight is 237 g/mol. The van der Waals surface area contributed by atoms with Crippen molar-refractivity contribution < 1.29 is 0 Å². The van der Waals surface area contributed by atoms with Gasteiger partial charge in [0.05, 0.1) is 11.2 Å². The topological polar surface area (TPSA) is 42.2 Å². The molecule has 1 saturated heterocycles. The van der Waals surface area contributed by atoms with Crippen LogP contribution >= 0.6 is 11.3 Å². The van der Waals surface area contributed by atoms with Gasteiger partial charge in [-0.1, -0.05) is 0 Å². The second-order valence-electron chi connectivity index (χ2n) is 5.22. The van der Waals surface area contributed by atoms with Gasteiger partial charge in [-0.3, -0.25) is 4.90 Å². The maximum Gasteiger partial charge on any atom is 0.0798 e. The number of nitrogens with zero attached hydrogens (tertiary/aromatic N) is 2. The Bertz CT molecular complexity index is 376. The lowest BCUT2D eigenvalue weighted by Crippen LogP contribution is -2.30. The van der Waals surface area contributed by atoms with Gasteiger partial charge in [0.25, 0.3) is 0 Å². The van der Waals surface area contributed by atoms with Crippen LogP contribution in [0.2, 0.25) is 0 Å². The van der Waals surface area contributed by atoms with Crippen LogP contribution in [0, 0.1) is 18.8 Å². The van der Waals surface area contributed by atoms with Crippen LogP contribution in [-0.2, 0) is 6.54 Å². The van der Waals surface area contributed by atoms with Crippen LogP contribution in [0.4, 0.5) is 0 Å². The zero-order valence-electron chi connectivity index (χ0n) is 9.72. The van der Waals surface area contributed by atoms with E-state index < -0.39 is 0 Å². The minimum Gasteiger partial charge on any atom is -0.327 e. The molecule has 0 aromatic carbocycles. The van der Waals surface area contributed by atoms with Crippen LogP contribution < -0.4 is 5.73 Å². The van der Waals surface area contributed by atoms with Crippen molar-refractivity contribution in [1.82, 2.24) is 9.88 Å². The molecule has 3 atom stereocenters. The van der Waals surface area contributed by atoms with Crippen LogP contribution in [0.25, 0.3) is 0 Å². The molecule has 0 radical (unpaired) electrons. The Balaban J connectivity index is 1.65. The molecule has 88 valence electrons. The first-order valence-corrected chi connectivity index (χ1v) is 6.99. The SMILES string of the molecule is Cc1ncsc1CN1CC2CCC(N)C2C1. The number of aryl methyl sites for hydroxylation is 1. The third-order valence-electron chi connectivity index (χ3n) is 4.20. The molecule has 0 bridgehead atoms. The lowest BCUT2D eigenvalue weighted by Gasteiger charge is -2.17. The summed E-state index contributed by atoms with van der Waals surface area (Å²) in [5.74, 6) is 1.62. The van der Waals surface area contributed by atoms with E-state index in [2.05, 4.69) is 16.8 Å². The summed E-state index contributed by atoms with van der Waals surface area (Å²) >= 11 is 1.78. The smallest absolute Gasteiger partial charge is 0.0798 e. The summed E-state index contributed by atoms with van der Waals surface area (Å²) < 4.78 is 0. The van der Waals surface area contributed by atoms with E-state index >= 15 is 0 Å². The van der Waals surface area contributed by atoms with E-state index in [0.717, 1.165) is 18.4 Å². The van der Waals surface area contributed by atoms with Crippen molar-refractivity contribution in [3.05, 3.63) is 16.1 Å². The molecule has 1 aliphatic heterocycles. The quantitative estimate of drug-likeness (QED) is 0.850. The monoisotopic (exact) mass is 237 g/mol. The van der Waals surface area contributed by atoms with E-state index in [9.17, 15) is 0 Å². The highest BCUT2D eigenvalue weighted by atomic mass is 32.1. The standard InChI is InChI=1S/C12H19N3S/c1-8-12(16-7-14-8)6-15-4-9-2-3-11(13)10(9)5-15/h7,9-11H,2-6,13H2,1H3. The third kappa shape index (κ3) is 1.79. The number of likely N-dealkylation sites (tertiary alicyclic amines) is 1. The number of nitrogens with two attached hydrogens (primary N) is 1. The second kappa shape index (κ2) is 4.09. The highest BCUT2D eigenvalue weighted by molar-refractivity contribution is 7.09. The molecule has 2 heterocycles. The van der Waals surface area contributed by atoms with Gasteiger partial charge in [-0.2, -0.15) is 0 Å². The summed E-state index contributed by atoms with van der Waals surface area (Å²) in [6.45, 7) is 5.63. The van der Waals surface area contributed by atoms with Crippen LogP contribution in [-0.4, -0.2) is 29.0 Å².